The fourth-order valence-corrected chi connectivity index (χ4v) is 2.26. The second kappa shape index (κ2) is 6.83. The monoisotopic (exact) mass is 314 g/mol. The summed E-state index contributed by atoms with van der Waals surface area (Å²) in [6.45, 7) is 1.58. The van der Waals surface area contributed by atoms with E-state index in [1.54, 1.807) is 18.0 Å². The van der Waals surface area contributed by atoms with E-state index in [-0.39, 0.29) is 23.3 Å². The number of likely N-dealkylation sites (N-methyl/N-ethyl adjacent to an activating group) is 1. The smallest absolute Gasteiger partial charge is 0.405 e. The van der Waals surface area contributed by atoms with Gasteiger partial charge in [-0.15, -0.1) is 13.2 Å². The molecule has 0 aromatic heterocycles. The Morgan fingerprint density at radius 1 is 1.41 bits per heavy atom. The van der Waals surface area contributed by atoms with E-state index in [1.807, 2.05) is 0 Å². The predicted octanol–water partition coefficient (Wildman–Crippen LogP) is 2.42. The number of hydrogen-bond acceptors (Lipinski definition) is 3. The lowest BCUT2D eigenvalue weighted by Crippen LogP contribution is -2.37. The molecule has 7 heteroatoms. The van der Waals surface area contributed by atoms with E-state index in [1.165, 1.54) is 30.4 Å². The topological polar surface area (TPSA) is 41.6 Å². The van der Waals surface area contributed by atoms with Crippen LogP contribution in [-0.2, 0) is 4.79 Å². The summed E-state index contributed by atoms with van der Waals surface area (Å²) in [5, 5.41) is 3.15. The van der Waals surface area contributed by atoms with Crippen LogP contribution in [0.1, 0.15) is 12.0 Å². The molecule has 1 atom stereocenters. The van der Waals surface area contributed by atoms with Crippen molar-refractivity contribution >= 4 is 12.0 Å². The highest BCUT2D eigenvalue weighted by atomic mass is 19.4. The van der Waals surface area contributed by atoms with Crippen molar-refractivity contribution in [2.45, 2.75) is 18.8 Å². The highest BCUT2D eigenvalue weighted by Crippen LogP contribution is 2.27. The molecule has 1 saturated heterocycles. The van der Waals surface area contributed by atoms with Crippen molar-refractivity contribution in [1.29, 1.82) is 0 Å². The van der Waals surface area contributed by atoms with Gasteiger partial charge >= 0.3 is 6.36 Å². The van der Waals surface area contributed by atoms with Gasteiger partial charge in [-0.3, -0.25) is 4.79 Å². The molecular formula is C15H17F3N2O2. The second-order valence-corrected chi connectivity index (χ2v) is 5.01. The van der Waals surface area contributed by atoms with E-state index in [2.05, 4.69) is 10.1 Å². The quantitative estimate of drug-likeness (QED) is 0.868. The van der Waals surface area contributed by atoms with E-state index < -0.39 is 6.36 Å². The molecule has 1 amide bonds. The maximum atomic E-state index is 12.3. The van der Waals surface area contributed by atoms with E-state index in [9.17, 15) is 18.0 Å². The van der Waals surface area contributed by atoms with Crippen molar-refractivity contribution in [2.75, 3.05) is 20.1 Å². The Balaban J connectivity index is 2.07. The number of alkyl halides is 3. The molecule has 4 nitrogen and oxygen atoms in total. The minimum absolute atomic E-state index is 0.110. The van der Waals surface area contributed by atoms with Crippen molar-refractivity contribution in [2.24, 2.45) is 0 Å². The first kappa shape index (κ1) is 16.4. The zero-order valence-electron chi connectivity index (χ0n) is 12.1. The van der Waals surface area contributed by atoms with Crippen molar-refractivity contribution in [3.8, 4) is 5.75 Å². The molecule has 1 aromatic carbocycles. The molecule has 1 N–H and O–H groups in total. The van der Waals surface area contributed by atoms with Crippen LogP contribution in [-0.4, -0.2) is 43.3 Å². The number of nitrogens with one attached hydrogen (secondary N) is 1. The third-order valence-electron chi connectivity index (χ3n) is 3.48. The Hall–Kier alpha value is -2.02. The van der Waals surface area contributed by atoms with Crippen LogP contribution in [0.15, 0.2) is 30.3 Å². The Morgan fingerprint density at radius 2 is 2.14 bits per heavy atom. The number of nitrogens with zero attached hydrogens (tertiary/aromatic N) is 1. The number of amides is 1. The minimum Gasteiger partial charge on any atom is -0.405 e. The van der Waals surface area contributed by atoms with Crippen molar-refractivity contribution < 1.29 is 22.7 Å². The standard InChI is InChI=1S/C15H17F3N2O2/c1-20(12-8-9-19-10-12)14(21)7-6-11-4-2-3-5-13(11)22-15(16,17)18/h2-7,12,19H,8-10H2,1H3/b7-6+. The molecule has 1 aromatic rings. The SMILES string of the molecule is CN(C(=O)/C=C/c1ccccc1OC(F)(F)F)C1CCNC1. The Bertz CT molecular complexity index is 552. The van der Waals surface area contributed by atoms with Crippen molar-refractivity contribution in [1.82, 2.24) is 10.2 Å². The molecule has 0 aliphatic carbocycles. The number of rotatable bonds is 4. The molecular weight excluding hydrogens is 297 g/mol. The van der Waals surface area contributed by atoms with Crippen LogP contribution in [0, 0.1) is 0 Å². The van der Waals surface area contributed by atoms with Gasteiger partial charge in [0.05, 0.1) is 0 Å². The third-order valence-corrected chi connectivity index (χ3v) is 3.48. The highest BCUT2D eigenvalue weighted by molar-refractivity contribution is 5.92. The maximum absolute atomic E-state index is 12.3. The lowest BCUT2D eigenvalue weighted by molar-refractivity contribution is -0.274. The summed E-state index contributed by atoms with van der Waals surface area (Å²) >= 11 is 0. The van der Waals surface area contributed by atoms with Gasteiger partial charge in [-0.25, -0.2) is 0 Å². The molecule has 22 heavy (non-hydrogen) atoms. The predicted molar refractivity (Wildman–Crippen MR) is 76.2 cm³/mol. The van der Waals surface area contributed by atoms with Gasteiger partial charge in [0.2, 0.25) is 5.91 Å². The lowest BCUT2D eigenvalue weighted by Gasteiger charge is -2.22. The Morgan fingerprint density at radius 3 is 2.77 bits per heavy atom. The van der Waals surface area contributed by atoms with Gasteiger partial charge < -0.3 is 15.0 Å². The summed E-state index contributed by atoms with van der Waals surface area (Å²) < 4.78 is 40.9. The Labute approximate surface area is 126 Å². The van der Waals surface area contributed by atoms with Crippen LogP contribution < -0.4 is 10.1 Å². The van der Waals surface area contributed by atoms with Crippen LogP contribution >= 0.6 is 0 Å². The average Bonchev–Trinajstić information content (AvgIpc) is 2.97. The van der Waals surface area contributed by atoms with Crippen LogP contribution in [0.3, 0.4) is 0 Å². The summed E-state index contributed by atoms with van der Waals surface area (Å²) in [5.74, 6) is -0.584. The largest absolute Gasteiger partial charge is 0.573 e. The van der Waals surface area contributed by atoms with Crippen LogP contribution in [0.5, 0.6) is 5.75 Å². The molecule has 1 unspecified atom stereocenters. The number of carbonyl (C=O) groups excluding carboxylic acids is 1. The first-order valence-corrected chi connectivity index (χ1v) is 6.87. The van der Waals surface area contributed by atoms with Crippen molar-refractivity contribution in [3.05, 3.63) is 35.9 Å². The second-order valence-electron chi connectivity index (χ2n) is 5.01. The summed E-state index contributed by atoms with van der Waals surface area (Å²) in [6, 6.07) is 5.80. The van der Waals surface area contributed by atoms with Gasteiger partial charge in [-0.2, -0.15) is 0 Å². The van der Waals surface area contributed by atoms with Crippen LogP contribution in [0.2, 0.25) is 0 Å². The fourth-order valence-electron chi connectivity index (χ4n) is 2.26. The maximum Gasteiger partial charge on any atom is 0.573 e. The molecule has 1 fully saturated rings. The van der Waals surface area contributed by atoms with E-state index in [4.69, 9.17) is 0 Å². The molecule has 1 aliphatic heterocycles. The molecule has 0 radical (unpaired) electrons. The van der Waals surface area contributed by atoms with Gasteiger partial charge in [0.15, 0.2) is 0 Å². The highest BCUT2D eigenvalue weighted by Gasteiger charge is 2.31. The number of benzene rings is 1. The molecule has 1 aliphatic rings. The number of ether oxygens (including phenoxy) is 1. The van der Waals surface area contributed by atoms with E-state index in [0.29, 0.717) is 0 Å². The zero-order chi connectivity index (χ0) is 16.2. The Kier molecular flexibility index (Phi) is 5.07. The molecule has 1 heterocycles. The number of para-hydroxylation sites is 1. The molecule has 120 valence electrons. The first-order valence-electron chi connectivity index (χ1n) is 6.87. The van der Waals surface area contributed by atoms with Crippen LogP contribution in [0.4, 0.5) is 13.2 Å². The van der Waals surface area contributed by atoms with Gasteiger partial charge in [-0.1, -0.05) is 18.2 Å². The van der Waals surface area contributed by atoms with E-state index in [0.717, 1.165) is 19.5 Å². The van der Waals surface area contributed by atoms with E-state index >= 15 is 0 Å². The molecule has 0 bridgehead atoms. The molecule has 2 rings (SSSR count). The number of carbonyl (C=O) groups is 1. The average molecular weight is 314 g/mol. The first-order chi connectivity index (χ1) is 10.4. The van der Waals surface area contributed by atoms with Gasteiger partial charge in [0, 0.05) is 31.3 Å². The summed E-state index contributed by atoms with van der Waals surface area (Å²) in [5.41, 5.74) is 0.200. The van der Waals surface area contributed by atoms with Crippen molar-refractivity contribution in [3.63, 3.8) is 0 Å². The summed E-state index contributed by atoms with van der Waals surface area (Å²) in [7, 11) is 1.68. The van der Waals surface area contributed by atoms with Crippen LogP contribution in [0.25, 0.3) is 6.08 Å². The minimum atomic E-state index is -4.76. The fraction of sp³-hybridized carbons (Fsp3) is 0.400. The number of hydrogen-bond donors (Lipinski definition) is 1. The summed E-state index contributed by atoms with van der Waals surface area (Å²) in [6.07, 6.45) is -1.30. The zero-order valence-corrected chi connectivity index (χ0v) is 12.1. The molecule has 0 saturated carbocycles. The number of halogens is 3. The third kappa shape index (κ3) is 4.49. The summed E-state index contributed by atoms with van der Waals surface area (Å²) in [4.78, 5) is 13.6. The van der Waals surface area contributed by atoms with Gasteiger partial charge in [0.25, 0.3) is 0 Å². The lowest BCUT2D eigenvalue weighted by atomic mass is 10.1. The normalized spacial score (nSPS) is 18.6. The van der Waals surface area contributed by atoms with Gasteiger partial charge in [0.1, 0.15) is 5.75 Å². The van der Waals surface area contributed by atoms with Gasteiger partial charge in [-0.05, 0) is 25.1 Å². The molecule has 0 spiro atoms.